The number of carbonyl (C=O) groups excluding carboxylic acids is 1. The Hall–Kier alpha value is -0.336. The van der Waals surface area contributed by atoms with Crippen LogP contribution < -0.4 is 5.48 Å². The molecule has 0 bridgehead atoms. The monoisotopic (exact) mass is 218 g/mol. The minimum Gasteiger partial charge on any atom is -0.450 e. The van der Waals surface area contributed by atoms with Gasteiger partial charge < -0.3 is 9.26 Å². The number of ether oxygens (including phenoxy) is 1. The minimum atomic E-state index is -1.71. The summed E-state index contributed by atoms with van der Waals surface area (Å²) in [6.45, 7) is 7.82. The van der Waals surface area contributed by atoms with Crippen molar-refractivity contribution in [1.82, 2.24) is 5.48 Å². The smallest absolute Gasteiger partial charge is 0.430 e. The molecule has 0 heterocycles. The van der Waals surface area contributed by atoms with Crippen LogP contribution in [0.15, 0.2) is 0 Å². The van der Waals surface area contributed by atoms with Crippen molar-refractivity contribution in [3.63, 3.8) is 0 Å². The largest absolute Gasteiger partial charge is 0.450 e. The van der Waals surface area contributed by atoms with Crippen molar-refractivity contribution in [2.24, 2.45) is 0 Å². The van der Waals surface area contributed by atoms with Gasteiger partial charge in [-0.15, -0.1) is 0 Å². The van der Waals surface area contributed by atoms with Crippen molar-refractivity contribution in [3.8, 4) is 0 Å². The van der Waals surface area contributed by atoms with Crippen LogP contribution in [0.25, 0.3) is 0 Å². The molecule has 0 saturated heterocycles. The highest BCUT2D eigenvalue weighted by molar-refractivity contribution is 6.69. The van der Waals surface area contributed by atoms with Crippen LogP contribution in [0.3, 0.4) is 0 Å². The molecular weight excluding hydrogens is 202 g/mol. The third kappa shape index (κ3) is 8.01. The Bertz CT molecular complexity index is 170. The van der Waals surface area contributed by atoms with E-state index in [0.29, 0.717) is 0 Å². The molecule has 0 aliphatic heterocycles. The number of rotatable bonds is 4. The zero-order valence-corrected chi connectivity index (χ0v) is 10.5. The summed E-state index contributed by atoms with van der Waals surface area (Å²) in [5.74, 6) is 0. The van der Waals surface area contributed by atoms with Crippen molar-refractivity contribution < 1.29 is 14.1 Å². The molecule has 4 nitrogen and oxygen atoms in total. The average Bonchev–Trinajstić information content (AvgIpc) is 1.99. The van der Waals surface area contributed by atoms with Gasteiger partial charge in [-0.05, 0) is 26.1 Å². The van der Waals surface area contributed by atoms with Gasteiger partial charge in [0.25, 0.3) is 0 Å². The van der Waals surface area contributed by atoms with E-state index in [4.69, 9.17) is 9.26 Å². The maximum absolute atomic E-state index is 11.0. The Morgan fingerprint density at radius 1 is 1.54 bits per heavy atom. The van der Waals surface area contributed by atoms with Gasteiger partial charge in [0.15, 0.2) is 0 Å². The molecule has 0 aliphatic rings. The van der Waals surface area contributed by atoms with E-state index in [2.05, 4.69) is 15.7 Å². The number of amides is 1. The Balaban J connectivity index is 3.64. The third-order valence-corrected chi connectivity index (χ3v) is 2.30. The van der Waals surface area contributed by atoms with Crippen LogP contribution in [-0.4, -0.2) is 30.4 Å². The van der Waals surface area contributed by atoms with Crippen LogP contribution >= 0.6 is 0 Å². The lowest BCUT2D eigenvalue weighted by Gasteiger charge is -2.18. The molecule has 1 unspecified atom stereocenters. The molecule has 0 aliphatic carbocycles. The summed E-state index contributed by atoms with van der Waals surface area (Å²) in [6, 6.07) is 0. The van der Waals surface area contributed by atoms with Crippen LogP contribution in [0.1, 0.15) is 13.3 Å². The highest BCUT2D eigenvalue weighted by Crippen LogP contribution is 2.00. The van der Waals surface area contributed by atoms with E-state index in [0.717, 1.165) is 6.42 Å². The lowest BCUT2D eigenvalue weighted by Crippen LogP contribution is -2.38. The van der Waals surface area contributed by atoms with E-state index in [1.165, 1.54) is 0 Å². The van der Waals surface area contributed by atoms with Gasteiger partial charge in [-0.1, -0.05) is 6.92 Å². The van der Waals surface area contributed by atoms with Crippen LogP contribution in [0.5, 0.6) is 0 Å². The number of hydrogen-bond donors (Lipinski definition) is 1. The van der Waals surface area contributed by atoms with Crippen molar-refractivity contribution >= 4 is 24.7 Å². The summed E-state index contributed by atoms with van der Waals surface area (Å²) in [5, 5.41) is 0. The Morgan fingerprint density at radius 2 is 2.08 bits per heavy atom. The quantitative estimate of drug-likeness (QED) is 0.573. The predicted octanol–water partition coefficient (Wildman–Crippen LogP) is 1.38. The third-order valence-electron chi connectivity index (χ3n) is 1.06. The van der Waals surface area contributed by atoms with Gasteiger partial charge in [0.05, 0.1) is 16.0 Å². The molecule has 0 saturated carbocycles. The maximum atomic E-state index is 11.0. The highest BCUT2D eigenvalue weighted by Gasteiger charge is 2.17. The lowest BCUT2D eigenvalue weighted by molar-refractivity contribution is 0.0859. The normalized spacial score (nSPS) is 13.6. The van der Waals surface area contributed by atoms with Crippen molar-refractivity contribution in [2.45, 2.75) is 38.7 Å². The molecule has 1 atom stereocenters. The first-order valence-corrected chi connectivity index (χ1v) is 8.19. The van der Waals surface area contributed by atoms with E-state index in [1.807, 2.05) is 26.6 Å². The topological polar surface area (TPSA) is 47.6 Å². The highest BCUT2D eigenvalue weighted by atomic mass is 28.4. The SMILES string of the molecule is CCC([Si])OC(=O)NO[Si](C)(C)C. The van der Waals surface area contributed by atoms with Gasteiger partial charge in [-0.3, -0.25) is 0 Å². The first-order chi connectivity index (χ1) is 5.85. The second-order valence-corrected chi connectivity index (χ2v) is 8.69. The van der Waals surface area contributed by atoms with Crippen LogP contribution in [0, 0.1) is 0 Å². The van der Waals surface area contributed by atoms with E-state index in [1.54, 1.807) is 0 Å². The van der Waals surface area contributed by atoms with Gasteiger partial charge in [0.1, 0.15) is 0 Å². The van der Waals surface area contributed by atoms with E-state index < -0.39 is 14.4 Å². The molecule has 0 fully saturated rings. The summed E-state index contributed by atoms with van der Waals surface area (Å²) in [6.07, 6.45) is 0.168. The number of hydroxylamine groups is 1. The van der Waals surface area contributed by atoms with E-state index >= 15 is 0 Å². The zero-order valence-electron chi connectivity index (χ0n) is 8.51. The van der Waals surface area contributed by atoms with Gasteiger partial charge in [0.2, 0.25) is 8.32 Å². The standard InChI is InChI=1S/C7H16NO3Si2/c1-5-6(12)10-7(9)8-11-13(2,3)4/h6H,5H2,1-4H3,(H,8,9). The fourth-order valence-corrected chi connectivity index (χ4v) is 0.928. The molecule has 0 aromatic heterocycles. The Kier molecular flexibility index (Phi) is 5.27. The molecule has 0 aromatic rings. The van der Waals surface area contributed by atoms with Gasteiger partial charge in [-0.2, -0.15) is 0 Å². The summed E-state index contributed by atoms with van der Waals surface area (Å²) in [4.78, 5) is 11.0. The minimum absolute atomic E-state index is 0.259. The number of carbonyl (C=O) groups is 1. The molecule has 13 heavy (non-hydrogen) atoms. The molecule has 75 valence electrons. The zero-order chi connectivity index (χ0) is 10.5. The second-order valence-electron chi connectivity index (χ2n) is 3.62. The first kappa shape index (κ1) is 12.7. The fourth-order valence-electron chi connectivity index (χ4n) is 0.431. The first-order valence-electron chi connectivity index (χ1n) is 4.21. The summed E-state index contributed by atoms with van der Waals surface area (Å²) in [5.41, 5.74) is 2.00. The van der Waals surface area contributed by atoms with Gasteiger partial charge in [0, 0.05) is 0 Å². The molecule has 0 aromatic carbocycles. The Labute approximate surface area is 83.5 Å². The molecule has 6 heteroatoms. The van der Waals surface area contributed by atoms with Crippen LogP contribution in [0.2, 0.25) is 19.6 Å². The lowest BCUT2D eigenvalue weighted by atomic mass is 10.5. The van der Waals surface area contributed by atoms with Gasteiger partial charge >= 0.3 is 6.09 Å². The molecular formula is C7H16NO3Si2. The second kappa shape index (κ2) is 5.41. The summed E-state index contributed by atoms with van der Waals surface area (Å²) >= 11 is 0. The summed E-state index contributed by atoms with van der Waals surface area (Å²) in [7, 11) is 1.51. The average molecular weight is 218 g/mol. The fraction of sp³-hybridized carbons (Fsp3) is 0.857. The van der Waals surface area contributed by atoms with Crippen LogP contribution in [-0.2, 0) is 9.26 Å². The predicted molar refractivity (Wildman–Crippen MR) is 53.9 cm³/mol. The number of hydrogen-bond acceptors (Lipinski definition) is 3. The van der Waals surface area contributed by atoms with Crippen molar-refractivity contribution in [2.75, 3.05) is 0 Å². The Morgan fingerprint density at radius 3 is 2.46 bits per heavy atom. The molecule has 1 amide bonds. The van der Waals surface area contributed by atoms with E-state index in [-0.39, 0.29) is 5.73 Å². The summed E-state index contributed by atoms with van der Waals surface area (Å²) < 4.78 is 9.98. The molecule has 3 radical (unpaired) electrons. The van der Waals surface area contributed by atoms with Crippen LogP contribution in [0.4, 0.5) is 4.79 Å². The molecule has 0 spiro atoms. The van der Waals surface area contributed by atoms with Crippen molar-refractivity contribution in [1.29, 1.82) is 0 Å². The van der Waals surface area contributed by atoms with E-state index in [9.17, 15) is 4.79 Å². The maximum Gasteiger partial charge on any atom is 0.430 e. The van der Waals surface area contributed by atoms with Gasteiger partial charge in [-0.25, -0.2) is 10.3 Å². The number of nitrogens with one attached hydrogen (secondary N) is 1. The molecule has 1 N–H and O–H groups in total. The van der Waals surface area contributed by atoms with Crippen molar-refractivity contribution in [3.05, 3.63) is 0 Å². The molecule has 0 rings (SSSR count).